The van der Waals surface area contributed by atoms with Gasteiger partial charge in [-0.2, -0.15) is 0 Å². The summed E-state index contributed by atoms with van der Waals surface area (Å²) in [5.41, 5.74) is 0.374. The molecule has 120 valence electrons. The number of fused-ring (bicyclic) bond motifs is 1. The van der Waals surface area contributed by atoms with E-state index in [4.69, 9.17) is 32.7 Å². The zero-order valence-electron chi connectivity index (χ0n) is 12.5. The van der Waals surface area contributed by atoms with Crippen molar-refractivity contribution in [3.63, 3.8) is 0 Å². The van der Waals surface area contributed by atoms with E-state index in [1.165, 1.54) is 0 Å². The zero-order chi connectivity index (χ0) is 16.4. The molecule has 0 aromatic heterocycles. The second-order valence-electron chi connectivity index (χ2n) is 5.31. The van der Waals surface area contributed by atoms with Gasteiger partial charge in [0.05, 0.1) is 17.1 Å². The molecule has 0 aliphatic carbocycles. The fourth-order valence-electron chi connectivity index (χ4n) is 2.41. The molecule has 1 unspecified atom stereocenters. The molecule has 0 N–H and O–H groups in total. The van der Waals surface area contributed by atoms with Gasteiger partial charge in [0, 0.05) is 12.1 Å². The highest BCUT2D eigenvalue weighted by Crippen LogP contribution is 2.31. The van der Waals surface area contributed by atoms with Gasteiger partial charge < -0.3 is 14.4 Å². The maximum atomic E-state index is 12.5. The van der Waals surface area contributed by atoms with E-state index < -0.39 is 0 Å². The summed E-state index contributed by atoms with van der Waals surface area (Å²) < 4.78 is 11.5. The van der Waals surface area contributed by atoms with Crippen LogP contribution in [0.1, 0.15) is 10.4 Å². The molecule has 2 aromatic rings. The first-order valence-electron chi connectivity index (χ1n) is 7.13. The molecule has 1 aliphatic heterocycles. The summed E-state index contributed by atoms with van der Waals surface area (Å²) in [5, 5.41) is 0.842. The average Bonchev–Trinajstić information content (AvgIpc) is 2.56. The van der Waals surface area contributed by atoms with Crippen LogP contribution < -0.4 is 9.47 Å². The third-order valence-corrected chi connectivity index (χ3v) is 4.12. The number of benzene rings is 2. The molecule has 0 saturated carbocycles. The topological polar surface area (TPSA) is 38.8 Å². The smallest absolute Gasteiger partial charge is 0.255 e. The number of hydrogen-bond acceptors (Lipinski definition) is 3. The highest BCUT2D eigenvalue weighted by molar-refractivity contribution is 6.35. The van der Waals surface area contributed by atoms with Gasteiger partial charge in [-0.05, 0) is 30.3 Å². The Morgan fingerprint density at radius 2 is 1.96 bits per heavy atom. The van der Waals surface area contributed by atoms with Crippen LogP contribution in [0.2, 0.25) is 10.0 Å². The summed E-state index contributed by atoms with van der Waals surface area (Å²) in [5.74, 6) is 1.20. The molecule has 4 nitrogen and oxygen atoms in total. The van der Waals surface area contributed by atoms with Crippen LogP contribution in [0.25, 0.3) is 0 Å². The van der Waals surface area contributed by atoms with Crippen molar-refractivity contribution in [1.82, 2.24) is 4.90 Å². The van der Waals surface area contributed by atoms with Crippen molar-refractivity contribution in [3.05, 3.63) is 58.1 Å². The first kappa shape index (κ1) is 16.0. The number of para-hydroxylation sites is 2. The standard InChI is InChI=1S/C17H15Cl2NO3/c1-20(17(21)13-8-11(18)6-7-14(13)19)9-12-10-22-15-4-2-3-5-16(15)23-12/h2-8,12H,9-10H2,1H3. The molecule has 1 aliphatic rings. The zero-order valence-corrected chi connectivity index (χ0v) is 14.0. The number of likely N-dealkylation sites (N-methyl/N-ethyl adjacent to an activating group) is 1. The maximum absolute atomic E-state index is 12.5. The molecule has 2 aromatic carbocycles. The normalized spacial score (nSPS) is 16.0. The molecule has 23 heavy (non-hydrogen) atoms. The van der Waals surface area contributed by atoms with Crippen molar-refractivity contribution in [2.45, 2.75) is 6.10 Å². The molecule has 0 radical (unpaired) electrons. The first-order valence-corrected chi connectivity index (χ1v) is 7.89. The monoisotopic (exact) mass is 351 g/mol. The Morgan fingerprint density at radius 3 is 2.74 bits per heavy atom. The Morgan fingerprint density at radius 1 is 1.22 bits per heavy atom. The Kier molecular flexibility index (Phi) is 4.64. The van der Waals surface area contributed by atoms with Crippen molar-refractivity contribution in [2.24, 2.45) is 0 Å². The Bertz CT molecular complexity index is 736. The van der Waals surface area contributed by atoms with Crippen LogP contribution >= 0.6 is 23.2 Å². The molecule has 6 heteroatoms. The van der Waals surface area contributed by atoms with E-state index in [0.717, 1.165) is 5.75 Å². The number of hydrogen-bond donors (Lipinski definition) is 0. The van der Waals surface area contributed by atoms with Gasteiger partial charge in [0.15, 0.2) is 17.6 Å². The van der Waals surface area contributed by atoms with E-state index in [1.54, 1.807) is 30.1 Å². The minimum Gasteiger partial charge on any atom is -0.486 e. The second-order valence-corrected chi connectivity index (χ2v) is 6.15. The van der Waals surface area contributed by atoms with Gasteiger partial charge in [-0.15, -0.1) is 0 Å². The van der Waals surface area contributed by atoms with Crippen LogP contribution in [0.3, 0.4) is 0 Å². The van der Waals surface area contributed by atoms with E-state index in [2.05, 4.69) is 0 Å². The fourth-order valence-corrected chi connectivity index (χ4v) is 2.78. The average molecular weight is 352 g/mol. The third kappa shape index (κ3) is 3.54. The number of carbonyl (C=O) groups is 1. The van der Waals surface area contributed by atoms with Crippen molar-refractivity contribution < 1.29 is 14.3 Å². The molecular formula is C17H15Cl2NO3. The van der Waals surface area contributed by atoms with Gasteiger partial charge in [-0.1, -0.05) is 35.3 Å². The van der Waals surface area contributed by atoms with Gasteiger partial charge in [0.2, 0.25) is 0 Å². The molecule has 0 saturated heterocycles. The van der Waals surface area contributed by atoms with Crippen LogP contribution in [-0.4, -0.2) is 37.1 Å². The SMILES string of the molecule is CN(CC1COc2ccccc2O1)C(=O)c1cc(Cl)ccc1Cl. The lowest BCUT2D eigenvalue weighted by Gasteiger charge is -2.29. The predicted molar refractivity (Wildman–Crippen MR) is 89.8 cm³/mol. The van der Waals surface area contributed by atoms with Gasteiger partial charge in [-0.3, -0.25) is 4.79 Å². The largest absolute Gasteiger partial charge is 0.486 e. The van der Waals surface area contributed by atoms with Crippen LogP contribution in [0.5, 0.6) is 11.5 Å². The number of ether oxygens (including phenoxy) is 2. The predicted octanol–water partition coefficient (Wildman–Crippen LogP) is 3.91. The minimum atomic E-state index is -0.239. The molecule has 1 amide bonds. The van der Waals surface area contributed by atoms with Gasteiger partial charge in [0.25, 0.3) is 5.91 Å². The molecule has 0 spiro atoms. The highest BCUT2D eigenvalue weighted by atomic mass is 35.5. The summed E-state index contributed by atoms with van der Waals surface area (Å²) in [6, 6.07) is 12.3. The summed E-state index contributed by atoms with van der Waals surface area (Å²) in [4.78, 5) is 14.1. The number of carbonyl (C=O) groups excluding carboxylic acids is 1. The number of amides is 1. The van der Waals surface area contributed by atoms with Crippen molar-refractivity contribution in [3.8, 4) is 11.5 Å². The molecule has 1 heterocycles. The summed E-state index contributed by atoms with van der Waals surface area (Å²) >= 11 is 12.0. The van der Waals surface area contributed by atoms with Crippen LogP contribution in [0.15, 0.2) is 42.5 Å². The lowest BCUT2D eigenvalue weighted by Crippen LogP contribution is -2.41. The van der Waals surface area contributed by atoms with E-state index in [1.807, 2.05) is 24.3 Å². The molecule has 0 fully saturated rings. The molecule has 3 rings (SSSR count). The van der Waals surface area contributed by atoms with Crippen molar-refractivity contribution in [1.29, 1.82) is 0 Å². The lowest BCUT2D eigenvalue weighted by atomic mass is 10.2. The van der Waals surface area contributed by atoms with Crippen LogP contribution in [0.4, 0.5) is 0 Å². The lowest BCUT2D eigenvalue weighted by molar-refractivity contribution is 0.0521. The number of nitrogens with zero attached hydrogens (tertiary/aromatic N) is 1. The second kappa shape index (κ2) is 6.69. The molecular weight excluding hydrogens is 337 g/mol. The van der Waals surface area contributed by atoms with E-state index in [-0.39, 0.29) is 12.0 Å². The highest BCUT2D eigenvalue weighted by Gasteiger charge is 2.25. The number of rotatable bonds is 3. The summed E-state index contributed by atoms with van der Waals surface area (Å²) in [6.07, 6.45) is -0.239. The fraction of sp³-hybridized carbons (Fsp3) is 0.235. The minimum absolute atomic E-state index is 0.208. The van der Waals surface area contributed by atoms with Gasteiger partial charge in [0.1, 0.15) is 6.61 Å². The van der Waals surface area contributed by atoms with Crippen LogP contribution in [-0.2, 0) is 0 Å². The van der Waals surface area contributed by atoms with E-state index in [0.29, 0.717) is 34.5 Å². The summed E-state index contributed by atoms with van der Waals surface area (Å²) in [7, 11) is 1.70. The molecule has 0 bridgehead atoms. The number of halogens is 2. The van der Waals surface area contributed by atoms with Gasteiger partial charge in [-0.25, -0.2) is 0 Å². The van der Waals surface area contributed by atoms with E-state index in [9.17, 15) is 4.79 Å². The van der Waals surface area contributed by atoms with Crippen LogP contribution in [0, 0.1) is 0 Å². The Hall–Kier alpha value is -1.91. The van der Waals surface area contributed by atoms with E-state index >= 15 is 0 Å². The Labute approximate surface area is 144 Å². The summed E-state index contributed by atoms with van der Waals surface area (Å²) in [6.45, 7) is 0.772. The molecule has 1 atom stereocenters. The quantitative estimate of drug-likeness (QED) is 0.841. The van der Waals surface area contributed by atoms with Crippen molar-refractivity contribution in [2.75, 3.05) is 20.2 Å². The van der Waals surface area contributed by atoms with Gasteiger partial charge >= 0.3 is 0 Å². The van der Waals surface area contributed by atoms with Crippen molar-refractivity contribution >= 4 is 29.1 Å². The maximum Gasteiger partial charge on any atom is 0.255 e. The first-order chi connectivity index (χ1) is 11.0. The Balaban J connectivity index is 1.69. The third-order valence-electron chi connectivity index (χ3n) is 3.55.